The predicted octanol–water partition coefficient (Wildman–Crippen LogP) is 1.14. The van der Waals surface area contributed by atoms with Gasteiger partial charge >= 0.3 is 0 Å². The van der Waals surface area contributed by atoms with E-state index in [1.807, 2.05) is 0 Å². The van der Waals surface area contributed by atoms with Crippen molar-refractivity contribution in [3.63, 3.8) is 0 Å². The summed E-state index contributed by atoms with van der Waals surface area (Å²) in [5.41, 5.74) is 3.82. The van der Waals surface area contributed by atoms with Gasteiger partial charge in [-0.15, -0.1) is 0 Å². The largest absolute Gasteiger partial charge is 0.510 e. The van der Waals surface area contributed by atoms with E-state index in [1.165, 1.54) is 19.1 Å². The lowest BCUT2D eigenvalue weighted by Gasteiger charge is -2.51. The van der Waals surface area contributed by atoms with Crippen molar-refractivity contribution in [2.45, 2.75) is 37.8 Å². The van der Waals surface area contributed by atoms with Crippen molar-refractivity contribution in [2.75, 3.05) is 14.1 Å². The summed E-state index contributed by atoms with van der Waals surface area (Å²) in [5, 5.41) is 43.9. The first-order valence-electron chi connectivity index (χ1n) is 10.3. The van der Waals surface area contributed by atoms with Crippen molar-refractivity contribution >= 4 is 17.5 Å². The summed E-state index contributed by atoms with van der Waals surface area (Å²) in [7, 11) is 3.32. The highest BCUT2D eigenvalue weighted by molar-refractivity contribution is 6.15. The van der Waals surface area contributed by atoms with Crippen molar-refractivity contribution in [1.29, 1.82) is 0 Å². The molecule has 3 aliphatic carbocycles. The van der Waals surface area contributed by atoms with Crippen LogP contribution >= 0.6 is 0 Å². The van der Waals surface area contributed by atoms with Gasteiger partial charge in [0.1, 0.15) is 22.9 Å². The van der Waals surface area contributed by atoms with Crippen molar-refractivity contribution in [3.05, 3.63) is 51.5 Å². The Balaban J connectivity index is 1.93. The second-order valence-corrected chi connectivity index (χ2v) is 9.11. The minimum Gasteiger partial charge on any atom is -0.510 e. The van der Waals surface area contributed by atoms with Crippen LogP contribution in [0.5, 0.6) is 5.75 Å². The van der Waals surface area contributed by atoms with Crippen LogP contribution in [-0.4, -0.2) is 68.5 Å². The van der Waals surface area contributed by atoms with Gasteiger partial charge in [0.2, 0.25) is 5.91 Å². The van der Waals surface area contributed by atoms with Gasteiger partial charge in [0.05, 0.1) is 17.2 Å². The van der Waals surface area contributed by atoms with E-state index in [9.17, 15) is 34.8 Å². The Kier molecular flexibility index (Phi) is 4.94. The number of allylic oxidation sites excluding steroid dienone is 1. The van der Waals surface area contributed by atoms with Crippen LogP contribution in [0.15, 0.2) is 34.8 Å². The van der Waals surface area contributed by atoms with Crippen LogP contribution in [0.2, 0.25) is 0 Å². The van der Waals surface area contributed by atoms with E-state index in [0.717, 1.165) is 0 Å². The Labute approximate surface area is 184 Å². The average molecular weight is 442 g/mol. The van der Waals surface area contributed by atoms with E-state index in [2.05, 4.69) is 0 Å². The van der Waals surface area contributed by atoms with E-state index in [0.29, 0.717) is 11.1 Å². The number of rotatable bonds is 3. The highest BCUT2D eigenvalue weighted by Crippen LogP contribution is 2.53. The molecule has 9 nitrogen and oxygen atoms in total. The first-order chi connectivity index (χ1) is 14.9. The maximum absolute atomic E-state index is 13.4. The highest BCUT2D eigenvalue weighted by atomic mass is 16.3. The van der Waals surface area contributed by atoms with Crippen LogP contribution in [0.3, 0.4) is 0 Å². The molecule has 0 saturated carbocycles. The fourth-order valence-electron chi connectivity index (χ4n) is 5.66. The van der Waals surface area contributed by atoms with E-state index in [-0.39, 0.29) is 46.8 Å². The Morgan fingerprint density at radius 3 is 2.41 bits per heavy atom. The quantitative estimate of drug-likeness (QED) is 0.436. The summed E-state index contributed by atoms with van der Waals surface area (Å²) in [4.78, 5) is 39.1. The fraction of sp³-hybridized carbons (Fsp3) is 0.435. The van der Waals surface area contributed by atoms with Crippen molar-refractivity contribution < 1.29 is 34.8 Å². The Bertz CT molecular complexity index is 1130. The lowest BCUT2D eigenvalue weighted by molar-refractivity contribution is -0.118. The molecule has 0 radical (unpaired) electrons. The molecule has 1 aromatic carbocycles. The van der Waals surface area contributed by atoms with Gasteiger partial charge in [0.15, 0.2) is 11.6 Å². The average Bonchev–Trinajstić information content (AvgIpc) is 2.68. The van der Waals surface area contributed by atoms with Gasteiger partial charge < -0.3 is 26.2 Å². The van der Waals surface area contributed by atoms with Crippen molar-refractivity contribution in [1.82, 2.24) is 4.90 Å². The van der Waals surface area contributed by atoms with Crippen LogP contribution in [0.25, 0.3) is 0 Å². The SMILES string of the molecule is CC(=O)c1ccc(O)c2c1CC1CC3C(N(C)C)C(O)=C(C(N)=O)CC3(O)C(O)=C1C2=O. The number of fused-ring (bicyclic) bond motifs is 3. The molecule has 0 bridgehead atoms. The zero-order valence-corrected chi connectivity index (χ0v) is 18.0. The number of hydrogen-bond acceptors (Lipinski definition) is 8. The molecular formula is C23H26N2O7. The van der Waals surface area contributed by atoms with Crippen LogP contribution in [0, 0.1) is 11.8 Å². The molecule has 0 saturated heterocycles. The molecule has 4 unspecified atom stereocenters. The summed E-state index contributed by atoms with van der Waals surface area (Å²) in [6.45, 7) is 1.37. The summed E-state index contributed by atoms with van der Waals surface area (Å²) in [6.07, 6.45) is -0.0402. The van der Waals surface area contributed by atoms with Gasteiger partial charge in [-0.1, -0.05) is 0 Å². The molecule has 170 valence electrons. The molecule has 1 amide bonds. The first kappa shape index (κ1) is 22.0. The summed E-state index contributed by atoms with van der Waals surface area (Å²) < 4.78 is 0. The summed E-state index contributed by atoms with van der Waals surface area (Å²) in [5.74, 6) is -4.31. The number of aromatic hydroxyl groups is 1. The molecule has 4 rings (SSSR count). The smallest absolute Gasteiger partial charge is 0.248 e. The van der Waals surface area contributed by atoms with Gasteiger partial charge in [-0.2, -0.15) is 0 Å². The third kappa shape index (κ3) is 2.88. The van der Waals surface area contributed by atoms with Crippen LogP contribution in [0.1, 0.15) is 46.0 Å². The lowest BCUT2D eigenvalue weighted by Crippen LogP contribution is -2.59. The Hall–Kier alpha value is -3.17. The number of phenols is 1. The lowest BCUT2D eigenvalue weighted by atomic mass is 9.59. The summed E-state index contributed by atoms with van der Waals surface area (Å²) in [6, 6.07) is 1.90. The number of carbonyl (C=O) groups is 3. The maximum atomic E-state index is 13.4. The molecule has 4 atom stereocenters. The van der Waals surface area contributed by atoms with E-state index < -0.39 is 47.3 Å². The summed E-state index contributed by atoms with van der Waals surface area (Å²) >= 11 is 0. The normalized spacial score (nSPS) is 29.5. The zero-order valence-electron chi connectivity index (χ0n) is 18.0. The molecule has 0 aliphatic heterocycles. The molecule has 3 aliphatic rings. The molecule has 6 N–H and O–H groups in total. The third-order valence-corrected chi connectivity index (χ3v) is 7.09. The molecule has 32 heavy (non-hydrogen) atoms. The number of aliphatic hydroxyl groups excluding tert-OH is 2. The molecule has 0 fully saturated rings. The maximum Gasteiger partial charge on any atom is 0.248 e. The first-order valence-corrected chi connectivity index (χ1v) is 10.3. The van der Waals surface area contributed by atoms with Gasteiger partial charge in [0, 0.05) is 23.5 Å². The second-order valence-electron chi connectivity index (χ2n) is 9.11. The predicted molar refractivity (Wildman–Crippen MR) is 113 cm³/mol. The number of aliphatic hydroxyl groups is 3. The number of nitrogens with two attached hydrogens (primary N) is 1. The number of ketones is 2. The highest BCUT2D eigenvalue weighted by Gasteiger charge is 2.58. The standard InChI is InChI=1S/C23H26N2O7/c1-9(26)11-4-5-15(27)17-12(11)6-10-7-14-18(25(2)3)19(28)13(22(24)31)8-23(14,32)21(30)16(10)20(17)29/h4-5,10,14,18,27-28,30,32H,6-8H2,1-3H3,(H2,24,31). The van der Waals surface area contributed by atoms with Crippen LogP contribution in [0.4, 0.5) is 0 Å². The number of amides is 1. The zero-order chi connectivity index (χ0) is 23.7. The van der Waals surface area contributed by atoms with Gasteiger partial charge in [-0.25, -0.2) is 0 Å². The fourth-order valence-corrected chi connectivity index (χ4v) is 5.66. The molecule has 0 spiro atoms. The number of phenolic OH excluding ortho intramolecular Hbond substituents is 1. The molecule has 0 aromatic heterocycles. The number of primary amides is 1. The second kappa shape index (κ2) is 7.18. The van der Waals surface area contributed by atoms with E-state index in [1.54, 1.807) is 19.0 Å². The number of likely N-dealkylation sites (N-methyl/N-ethyl adjacent to an activating group) is 1. The molecule has 9 heteroatoms. The number of hydrogen-bond donors (Lipinski definition) is 5. The molecule has 0 heterocycles. The Morgan fingerprint density at radius 1 is 1.19 bits per heavy atom. The van der Waals surface area contributed by atoms with Gasteiger partial charge in [-0.05, 0) is 57.5 Å². The van der Waals surface area contributed by atoms with E-state index >= 15 is 0 Å². The number of Topliss-reactive ketones (excluding diaryl/α,β-unsaturated/α-hetero) is 2. The minimum atomic E-state index is -2.00. The number of benzene rings is 1. The topological polar surface area (TPSA) is 161 Å². The molecular weight excluding hydrogens is 416 g/mol. The van der Waals surface area contributed by atoms with Crippen LogP contribution in [-0.2, 0) is 11.2 Å². The van der Waals surface area contributed by atoms with Gasteiger partial charge in [-0.3, -0.25) is 19.3 Å². The monoisotopic (exact) mass is 442 g/mol. The van der Waals surface area contributed by atoms with Gasteiger partial charge in [0.25, 0.3) is 0 Å². The van der Waals surface area contributed by atoms with Crippen LogP contribution < -0.4 is 5.73 Å². The number of nitrogens with zero attached hydrogens (tertiary/aromatic N) is 1. The Morgan fingerprint density at radius 2 is 1.84 bits per heavy atom. The molecule has 1 aromatic rings. The minimum absolute atomic E-state index is 0.0463. The van der Waals surface area contributed by atoms with Crippen molar-refractivity contribution in [3.8, 4) is 5.75 Å². The number of carbonyl (C=O) groups excluding carboxylic acids is 3. The third-order valence-electron chi connectivity index (χ3n) is 7.09. The van der Waals surface area contributed by atoms with Crippen molar-refractivity contribution in [2.24, 2.45) is 17.6 Å². The van der Waals surface area contributed by atoms with E-state index in [4.69, 9.17) is 5.73 Å².